The third kappa shape index (κ3) is 3.90. The Balaban J connectivity index is 2.65. The quantitative estimate of drug-likeness (QED) is 0.376. The van der Waals surface area contributed by atoms with Gasteiger partial charge in [-0.15, -0.1) is 12.3 Å². The summed E-state index contributed by atoms with van der Waals surface area (Å²) in [5, 5.41) is 15.8. The molecule has 1 heterocycles. The minimum Gasteiger partial charge on any atom is -0.618 e. The number of nitrogens with zero attached hydrogens (tertiary/aromatic N) is 1. The molecule has 1 amide bonds. The van der Waals surface area contributed by atoms with E-state index < -0.39 is 5.91 Å². The number of carbonyl (C=O) groups is 1. The summed E-state index contributed by atoms with van der Waals surface area (Å²) in [6.07, 6.45) is 7.11. The molecule has 4 nitrogen and oxygen atoms in total. The van der Waals surface area contributed by atoms with Gasteiger partial charge in [0, 0.05) is 30.4 Å². The van der Waals surface area contributed by atoms with E-state index in [4.69, 9.17) is 18.0 Å². The molecule has 2 aromatic rings. The van der Waals surface area contributed by atoms with Crippen LogP contribution in [0.25, 0.3) is 0 Å². The molecule has 0 radical (unpaired) electrons. The van der Waals surface area contributed by atoms with Crippen LogP contribution in [0.2, 0.25) is 5.02 Å². The monoisotopic (exact) mass is 462 g/mol. The molecule has 148 valence electrons. The van der Waals surface area contributed by atoms with Crippen molar-refractivity contribution in [3.8, 4) is 12.3 Å². The first-order valence-electron chi connectivity index (χ1n) is 9.16. The first kappa shape index (κ1) is 22.3. The summed E-state index contributed by atoms with van der Waals surface area (Å²) < 4.78 is 1.70. The summed E-state index contributed by atoms with van der Waals surface area (Å²) in [5.41, 5.74) is 5.27. The van der Waals surface area contributed by atoms with Crippen molar-refractivity contribution in [1.82, 2.24) is 0 Å². The molecule has 28 heavy (non-hydrogen) atoms. The number of nitrogens with one attached hydrogen (secondary N) is 1. The zero-order chi connectivity index (χ0) is 21.2. The van der Waals surface area contributed by atoms with E-state index in [0.717, 1.165) is 44.4 Å². The van der Waals surface area contributed by atoms with Crippen molar-refractivity contribution in [2.24, 2.45) is 0 Å². The minimum atomic E-state index is -0.412. The molecule has 0 aliphatic rings. The predicted molar refractivity (Wildman–Crippen MR) is 118 cm³/mol. The fourth-order valence-electron chi connectivity index (χ4n) is 3.40. The van der Waals surface area contributed by atoms with E-state index in [1.807, 2.05) is 20.8 Å². The van der Waals surface area contributed by atoms with E-state index in [1.54, 1.807) is 13.8 Å². The third-order valence-corrected chi connectivity index (χ3v) is 6.52. The maximum Gasteiger partial charge on any atom is 0.263 e. The highest BCUT2D eigenvalue weighted by molar-refractivity contribution is 9.10. The van der Waals surface area contributed by atoms with E-state index in [0.29, 0.717) is 11.3 Å². The highest BCUT2D eigenvalue weighted by Gasteiger charge is 2.27. The van der Waals surface area contributed by atoms with E-state index >= 15 is 0 Å². The predicted octanol–water partition coefficient (Wildman–Crippen LogP) is 5.21. The van der Waals surface area contributed by atoms with E-state index in [2.05, 4.69) is 33.2 Å². The first-order chi connectivity index (χ1) is 13.2. The van der Waals surface area contributed by atoms with Crippen LogP contribution in [0, 0.1) is 38.3 Å². The smallest absolute Gasteiger partial charge is 0.263 e. The van der Waals surface area contributed by atoms with Gasteiger partial charge in [-0.25, -0.2) is 0 Å². The van der Waals surface area contributed by atoms with Crippen LogP contribution in [0.15, 0.2) is 10.5 Å². The Labute approximate surface area is 180 Å². The summed E-state index contributed by atoms with van der Waals surface area (Å²) >= 11 is 10.1. The lowest BCUT2D eigenvalue weighted by molar-refractivity contribution is -0.619. The number of rotatable bonds is 5. The maximum atomic E-state index is 13.2. The van der Waals surface area contributed by atoms with Gasteiger partial charge in [0.05, 0.1) is 10.6 Å². The van der Waals surface area contributed by atoms with Crippen molar-refractivity contribution >= 4 is 39.1 Å². The average molecular weight is 464 g/mol. The number of anilines is 1. The van der Waals surface area contributed by atoms with Crippen LogP contribution in [0.1, 0.15) is 57.8 Å². The molecule has 1 N–H and O–H groups in total. The Morgan fingerprint density at radius 3 is 2.43 bits per heavy atom. The molecule has 0 saturated carbocycles. The zero-order valence-electron chi connectivity index (χ0n) is 16.8. The fourth-order valence-corrected chi connectivity index (χ4v) is 4.42. The van der Waals surface area contributed by atoms with Gasteiger partial charge in [0.25, 0.3) is 5.91 Å². The van der Waals surface area contributed by atoms with Crippen molar-refractivity contribution < 1.29 is 9.52 Å². The topological polar surface area (TPSA) is 56.0 Å². The van der Waals surface area contributed by atoms with Gasteiger partial charge in [0.2, 0.25) is 5.69 Å². The number of terminal acetylenes is 1. The lowest BCUT2D eigenvalue weighted by Gasteiger charge is -2.19. The number of pyridine rings is 1. The fraction of sp³-hybridized carbons (Fsp3) is 0.364. The molecule has 1 aromatic carbocycles. The standard InChI is InChI=1S/C22H24BrClN2O2/c1-7-10-17-13(5)26(28)14(6)18(20(17)24)22(27)25-21-15(8-2)11-12(4)19(23)16(21)9-3/h1,11H,8-10H2,2-6H3,(H,25,27). The van der Waals surface area contributed by atoms with Gasteiger partial charge >= 0.3 is 0 Å². The Kier molecular flexibility index (Phi) is 7.14. The van der Waals surface area contributed by atoms with E-state index in [9.17, 15) is 10.0 Å². The zero-order valence-corrected chi connectivity index (χ0v) is 19.1. The number of amides is 1. The molecule has 6 heteroatoms. The number of hydrogen-bond donors (Lipinski definition) is 1. The van der Waals surface area contributed by atoms with Crippen LogP contribution in [-0.2, 0) is 19.3 Å². The van der Waals surface area contributed by atoms with Crippen LogP contribution >= 0.6 is 27.5 Å². The van der Waals surface area contributed by atoms with Crippen LogP contribution < -0.4 is 10.0 Å². The molecule has 2 rings (SSSR count). The van der Waals surface area contributed by atoms with Crippen LogP contribution in [0.5, 0.6) is 0 Å². The lowest BCUT2D eigenvalue weighted by Crippen LogP contribution is -2.38. The third-order valence-electron chi connectivity index (χ3n) is 5.00. The second kappa shape index (κ2) is 8.98. The molecule has 1 aromatic heterocycles. The number of halogens is 2. The van der Waals surface area contributed by atoms with Crippen LogP contribution in [-0.4, -0.2) is 5.91 Å². The second-order valence-corrected chi connectivity index (χ2v) is 7.87. The van der Waals surface area contributed by atoms with E-state index in [1.165, 1.54) is 0 Å². The largest absolute Gasteiger partial charge is 0.618 e. The number of benzene rings is 1. The molecule has 0 unspecified atom stereocenters. The molecular weight excluding hydrogens is 440 g/mol. The van der Waals surface area contributed by atoms with Gasteiger partial charge in [-0.05, 0) is 36.5 Å². The van der Waals surface area contributed by atoms with Gasteiger partial charge in [0.15, 0.2) is 5.69 Å². The van der Waals surface area contributed by atoms with Gasteiger partial charge in [0.1, 0.15) is 5.56 Å². The second-order valence-electron chi connectivity index (χ2n) is 6.69. The summed E-state index contributed by atoms with van der Waals surface area (Å²) in [5.74, 6) is 2.09. The number of aryl methyl sites for hydroxylation is 2. The Morgan fingerprint density at radius 2 is 1.89 bits per heavy atom. The van der Waals surface area contributed by atoms with Crippen LogP contribution in [0.3, 0.4) is 0 Å². The maximum absolute atomic E-state index is 13.2. The van der Waals surface area contributed by atoms with Crippen molar-refractivity contribution in [3.05, 3.63) is 60.0 Å². The van der Waals surface area contributed by atoms with Gasteiger partial charge in [-0.2, -0.15) is 4.73 Å². The van der Waals surface area contributed by atoms with Gasteiger partial charge in [-0.1, -0.05) is 47.4 Å². The van der Waals surface area contributed by atoms with Crippen molar-refractivity contribution in [2.45, 2.75) is 53.9 Å². The minimum absolute atomic E-state index is 0.160. The molecule has 0 saturated heterocycles. The Hall–Kier alpha value is -2.03. The Bertz CT molecular complexity index is 994. The van der Waals surface area contributed by atoms with Crippen molar-refractivity contribution in [2.75, 3.05) is 5.32 Å². The number of carbonyl (C=O) groups excluding carboxylic acids is 1. The first-order valence-corrected chi connectivity index (χ1v) is 10.3. The SMILES string of the molecule is C#CCc1c(Cl)c(C(=O)Nc2c(CC)cc(C)c(Br)c2CC)c(C)[n+]([O-])c1C. The summed E-state index contributed by atoms with van der Waals surface area (Å²) in [4.78, 5) is 13.2. The molecule has 0 aliphatic carbocycles. The molecular formula is C22H24BrClN2O2. The van der Waals surface area contributed by atoms with Crippen molar-refractivity contribution in [1.29, 1.82) is 0 Å². The average Bonchev–Trinajstić information content (AvgIpc) is 2.66. The molecule has 0 spiro atoms. The molecule has 0 bridgehead atoms. The summed E-state index contributed by atoms with van der Waals surface area (Å²) in [6.45, 7) is 9.35. The van der Waals surface area contributed by atoms with Gasteiger partial charge < -0.3 is 10.5 Å². The lowest BCUT2D eigenvalue weighted by atomic mass is 9.98. The summed E-state index contributed by atoms with van der Waals surface area (Å²) in [6, 6.07) is 2.06. The number of hydrogen-bond acceptors (Lipinski definition) is 2. The van der Waals surface area contributed by atoms with Crippen LogP contribution in [0.4, 0.5) is 5.69 Å². The normalized spacial score (nSPS) is 10.6. The summed E-state index contributed by atoms with van der Waals surface area (Å²) in [7, 11) is 0. The van der Waals surface area contributed by atoms with E-state index in [-0.39, 0.29) is 22.7 Å². The Morgan fingerprint density at radius 1 is 1.25 bits per heavy atom. The molecule has 0 atom stereocenters. The molecule has 0 aliphatic heterocycles. The highest BCUT2D eigenvalue weighted by atomic mass is 79.9. The highest BCUT2D eigenvalue weighted by Crippen LogP contribution is 2.34. The number of aromatic nitrogens is 1. The van der Waals surface area contributed by atoms with Crippen molar-refractivity contribution in [3.63, 3.8) is 0 Å². The molecule has 0 fully saturated rings. The van der Waals surface area contributed by atoms with Gasteiger partial charge in [-0.3, -0.25) is 4.79 Å².